The average Bonchev–Trinajstić information content (AvgIpc) is 3.15. The Balaban J connectivity index is 1.91. The van der Waals surface area contributed by atoms with Crippen molar-refractivity contribution in [1.29, 1.82) is 0 Å². The Bertz CT molecular complexity index is 553. The highest BCUT2D eigenvalue weighted by Crippen LogP contribution is 2.42. The third-order valence-corrected chi connectivity index (χ3v) is 3.96. The van der Waals surface area contributed by atoms with Gasteiger partial charge in [-0.2, -0.15) is 0 Å². The van der Waals surface area contributed by atoms with E-state index in [4.69, 9.17) is 4.42 Å². The number of nitrogens with one attached hydrogen (secondary N) is 1. The zero-order valence-electron chi connectivity index (χ0n) is 11.9. The Morgan fingerprint density at radius 3 is 2.79 bits per heavy atom. The largest absolute Gasteiger partial charge is 0.459 e. The molecule has 2 heteroatoms. The fourth-order valence-electron chi connectivity index (χ4n) is 2.86. The van der Waals surface area contributed by atoms with E-state index in [2.05, 4.69) is 43.4 Å². The van der Waals surface area contributed by atoms with E-state index in [1.54, 1.807) is 0 Å². The molecule has 0 amide bonds. The van der Waals surface area contributed by atoms with Crippen LogP contribution in [0.25, 0.3) is 11.0 Å². The van der Waals surface area contributed by atoms with Crippen molar-refractivity contribution in [2.75, 3.05) is 6.54 Å². The van der Waals surface area contributed by atoms with E-state index in [0.717, 1.165) is 30.2 Å². The van der Waals surface area contributed by atoms with Crippen molar-refractivity contribution >= 4 is 11.0 Å². The Morgan fingerprint density at radius 2 is 2.11 bits per heavy atom. The lowest BCUT2D eigenvalue weighted by Gasteiger charge is -2.13. The summed E-state index contributed by atoms with van der Waals surface area (Å²) in [5, 5.41) is 4.82. The van der Waals surface area contributed by atoms with Crippen molar-refractivity contribution in [1.82, 2.24) is 5.32 Å². The van der Waals surface area contributed by atoms with E-state index in [9.17, 15) is 0 Å². The van der Waals surface area contributed by atoms with Crippen LogP contribution in [0.2, 0.25) is 0 Å². The van der Waals surface area contributed by atoms with Gasteiger partial charge in [-0.05, 0) is 55.5 Å². The maximum atomic E-state index is 6.05. The molecule has 102 valence electrons. The summed E-state index contributed by atoms with van der Waals surface area (Å²) in [7, 11) is 0. The Morgan fingerprint density at radius 1 is 1.26 bits per heavy atom. The van der Waals surface area contributed by atoms with Gasteiger partial charge in [0.1, 0.15) is 11.3 Å². The van der Waals surface area contributed by atoms with Gasteiger partial charge in [-0.25, -0.2) is 0 Å². The van der Waals surface area contributed by atoms with Gasteiger partial charge in [-0.3, -0.25) is 0 Å². The first-order valence-corrected chi connectivity index (χ1v) is 7.57. The molecular formula is C17H23NO. The summed E-state index contributed by atoms with van der Waals surface area (Å²) in [5.41, 5.74) is 2.44. The normalized spacial score (nSPS) is 16.9. The van der Waals surface area contributed by atoms with Gasteiger partial charge in [0.05, 0.1) is 6.04 Å². The van der Waals surface area contributed by atoms with E-state index in [1.165, 1.54) is 30.2 Å². The standard InChI is InChI=1S/C17H23NO/c1-3-5-12-6-9-15-14(10-12)11-16(19-15)17(18-4-2)13-7-8-13/h6,9-11,13,17-18H,3-5,7-8H2,1-2H3. The van der Waals surface area contributed by atoms with Gasteiger partial charge in [-0.1, -0.05) is 26.3 Å². The molecule has 1 aliphatic carbocycles. The molecule has 3 rings (SSSR count). The summed E-state index contributed by atoms with van der Waals surface area (Å²) in [6.45, 7) is 5.38. The molecule has 1 aromatic carbocycles. The molecular weight excluding hydrogens is 234 g/mol. The third-order valence-electron chi connectivity index (χ3n) is 3.96. The third kappa shape index (κ3) is 2.69. The first-order valence-electron chi connectivity index (χ1n) is 7.57. The molecule has 1 aromatic heterocycles. The van der Waals surface area contributed by atoms with Crippen LogP contribution in [0.4, 0.5) is 0 Å². The zero-order chi connectivity index (χ0) is 13.2. The van der Waals surface area contributed by atoms with Gasteiger partial charge < -0.3 is 9.73 Å². The molecule has 1 N–H and O–H groups in total. The van der Waals surface area contributed by atoms with E-state index >= 15 is 0 Å². The average molecular weight is 257 g/mol. The highest BCUT2D eigenvalue weighted by atomic mass is 16.3. The Labute approximate surface area is 115 Å². The summed E-state index contributed by atoms with van der Waals surface area (Å²) in [6, 6.07) is 9.24. The molecule has 2 nitrogen and oxygen atoms in total. The molecule has 1 atom stereocenters. The first-order chi connectivity index (χ1) is 9.31. The summed E-state index contributed by atoms with van der Waals surface area (Å²) in [6.07, 6.45) is 5.00. The number of fused-ring (bicyclic) bond motifs is 1. The van der Waals surface area contributed by atoms with Crippen molar-refractivity contribution in [3.63, 3.8) is 0 Å². The van der Waals surface area contributed by atoms with Gasteiger partial charge in [-0.15, -0.1) is 0 Å². The zero-order valence-corrected chi connectivity index (χ0v) is 11.9. The van der Waals surface area contributed by atoms with Crippen LogP contribution in [-0.4, -0.2) is 6.54 Å². The second-order valence-electron chi connectivity index (χ2n) is 5.64. The Kier molecular flexibility index (Phi) is 3.61. The SMILES string of the molecule is CCCc1ccc2oc(C(NCC)C3CC3)cc2c1. The van der Waals surface area contributed by atoms with Crippen LogP contribution in [0.1, 0.15) is 50.5 Å². The van der Waals surface area contributed by atoms with Gasteiger partial charge in [0.25, 0.3) is 0 Å². The number of aryl methyl sites for hydroxylation is 1. The van der Waals surface area contributed by atoms with Crippen LogP contribution in [0, 0.1) is 5.92 Å². The van der Waals surface area contributed by atoms with Crippen LogP contribution in [0.15, 0.2) is 28.7 Å². The second-order valence-corrected chi connectivity index (χ2v) is 5.64. The number of hydrogen-bond acceptors (Lipinski definition) is 2. The topological polar surface area (TPSA) is 25.2 Å². The van der Waals surface area contributed by atoms with Crippen molar-refractivity contribution in [2.24, 2.45) is 5.92 Å². The van der Waals surface area contributed by atoms with E-state index < -0.39 is 0 Å². The number of furan rings is 1. The van der Waals surface area contributed by atoms with E-state index in [1.807, 2.05) is 0 Å². The molecule has 0 saturated heterocycles. The number of rotatable bonds is 6. The molecule has 2 aromatic rings. The van der Waals surface area contributed by atoms with Crippen molar-refractivity contribution < 1.29 is 4.42 Å². The van der Waals surface area contributed by atoms with Gasteiger partial charge in [0.2, 0.25) is 0 Å². The minimum atomic E-state index is 0.409. The van der Waals surface area contributed by atoms with Gasteiger partial charge >= 0.3 is 0 Å². The molecule has 1 heterocycles. The summed E-state index contributed by atoms with van der Waals surface area (Å²) >= 11 is 0. The number of benzene rings is 1. The van der Waals surface area contributed by atoms with Crippen LogP contribution >= 0.6 is 0 Å². The van der Waals surface area contributed by atoms with Gasteiger partial charge in [0, 0.05) is 5.39 Å². The predicted octanol–water partition coefficient (Wildman–Crippen LogP) is 4.45. The summed E-state index contributed by atoms with van der Waals surface area (Å²) < 4.78 is 6.05. The lowest BCUT2D eigenvalue weighted by molar-refractivity contribution is 0.403. The fraction of sp³-hybridized carbons (Fsp3) is 0.529. The monoisotopic (exact) mass is 257 g/mol. The lowest BCUT2D eigenvalue weighted by Crippen LogP contribution is -2.21. The second kappa shape index (κ2) is 5.38. The summed E-state index contributed by atoms with van der Waals surface area (Å²) in [5.74, 6) is 1.89. The fourth-order valence-corrected chi connectivity index (χ4v) is 2.86. The van der Waals surface area contributed by atoms with E-state index in [-0.39, 0.29) is 0 Å². The van der Waals surface area contributed by atoms with Crippen molar-refractivity contribution in [2.45, 2.75) is 45.6 Å². The Hall–Kier alpha value is -1.28. The highest BCUT2D eigenvalue weighted by Gasteiger charge is 2.33. The van der Waals surface area contributed by atoms with Crippen LogP contribution in [0.3, 0.4) is 0 Å². The maximum Gasteiger partial charge on any atom is 0.134 e. The number of hydrogen-bond donors (Lipinski definition) is 1. The molecule has 0 aliphatic heterocycles. The predicted molar refractivity (Wildman–Crippen MR) is 79.4 cm³/mol. The molecule has 1 aliphatic rings. The van der Waals surface area contributed by atoms with Crippen LogP contribution < -0.4 is 5.32 Å². The molecule has 1 unspecified atom stereocenters. The van der Waals surface area contributed by atoms with Gasteiger partial charge in [0.15, 0.2) is 0 Å². The minimum Gasteiger partial charge on any atom is -0.459 e. The first kappa shape index (κ1) is 12.7. The lowest BCUT2D eigenvalue weighted by atomic mass is 10.1. The smallest absolute Gasteiger partial charge is 0.134 e. The molecule has 1 saturated carbocycles. The molecule has 1 fully saturated rings. The van der Waals surface area contributed by atoms with Crippen LogP contribution in [-0.2, 0) is 6.42 Å². The van der Waals surface area contributed by atoms with Crippen LogP contribution in [0.5, 0.6) is 0 Å². The minimum absolute atomic E-state index is 0.409. The molecule has 0 radical (unpaired) electrons. The van der Waals surface area contributed by atoms with E-state index in [0.29, 0.717) is 6.04 Å². The van der Waals surface area contributed by atoms with Crippen molar-refractivity contribution in [3.05, 3.63) is 35.6 Å². The maximum absolute atomic E-state index is 6.05. The quantitative estimate of drug-likeness (QED) is 0.827. The highest BCUT2D eigenvalue weighted by molar-refractivity contribution is 5.78. The van der Waals surface area contributed by atoms with Crippen molar-refractivity contribution in [3.8, 4) is 0 Å². The summed E-state index contributed by atoms with van der Waals surface area (Å²) in [4.78, 5) is 0. The molecule has 0 spiro atoms. The molecule has 19 heavy (non-hydrogen) atoms. The molecule has 0 bridgehead atoms.